The molecule has 2 aliphatic rings. The molecule has 19 heavy (non-hydrogen) atoms. The van der Waals surface area contributed by atoms with Gasteiger partial charge in [0, 0.05) is 18.5 Å². The van der Waals surface area contributed by atoms with E-state index in [1.807, 2.05) is 0 Å². The highest BCUT2D eigenvalue weighted by Crippen LogP contribution is 2.43. The summed E-state index contributed by atoms with van der Waals surface area (Å²) in [6, 6.07) is 0. The van der Waals surface area contributed by atoms with Crippen LogP contribution < -0.4 is 10.6 Å². The second-order valence-corrected chi connectivity index (χ2v) is 6.92. The average molecular weight is 268 g/mol. The summed E-state index contributed by atoms with van der Waals surface area (Å²) in [5.74, 6) is 0.708. The predicted molar refractivity (Wildman–Crippen MR) is 75.8 cm³/mol. The zero-order chi connectivity index (χ0) is 13.9. The Labute approximate surface area is 116 Å². The number of amides is 1. The van der Waals surface area contributed by atoms with E-state index in [2.05, 4.69) is 24.5 Å². The Balaban J connectivity index is 1.92. The van der Waals surface area contributed by atoms with Crippen LogP contribution in [0.25, 0.3) is 0 Å². The molecule has 0 aromatic heterocycles. The number of nitrogens with one attached hydrogen (secondary N) is 2. The van der Waals surface area contributed by atoms with Crippen molar-refractivity contribution in [2.24, 2.45) is 11.3 Å². The molecule has 1 atom stereocenters. The predicted octanol–water partition coefficient (Wildman–Crippen LogP) is 1.43. The van der Waals surface area contributed by atoms with E-state index in [0.717, 1.165) is 45.1 Å². The number of aliphatic hydroxyl groups is 1. The van der Waals surface area contributed by atoms with E-state index in [1.165, 1.54) is 0 Å². The molecule has 1 aliphatic heterocycles. The van der Waals surface area contributed by atoms with E-state index in [0.29, 0.717) is 19.0 Å². The summed E-state index contributed by atoms with van der Waals surface area (Å²) in [5, 5.41) is 16.4. The summed E-state index contributed by atoms with van der Waals surface area (Å²) >= 11 is 0. The zero-order valence-electron chi connectivity index (χ0n) is 12.3. The van der Waals surface area contributed by atoms with E-state index >= 15 is 0 Å². The first-order valence-corrected chi connectivity index (χ1v) is 7.67. The van der Waals surface area contributed by atoms with E-state index in [4.69, 9.17) is 0 Å². The molecule has 1 amide bonds. The lowest BCUT2D eigenvalue weighted by atomic mass is 9.77. The fraction of sp³-hybridized carbons (Fsp3) is 0.933. The standard InChI is InChI=1S/C15H28N2O2/c1-12(2)9-14(5-3-4-6-14)13(18)17-11-15(19)7-8-16-10-15/h12,16,19H,3-11H2,1-2H3,(H,17,18). The van der Waals surface area contributed by atoms with Crippen LogP contribution >= 0.6 is 0 Å². The van der Waals surface area contributed by atoms with Crippen LogP contribution in [0, 0.1) is 11.3 Å². The van der Waals surface area contributed by atoms with Crippen molar-refractivity contribution in [3.05, 3.63) is 0 Å². The topological polar surface area (TPSA) is 61.4 Å². The number of β-amino-alcohol motifs (C(OH)–C–C–N with tert-alkyl or cyclic N) is 1. The van der Waals surface area contributed by atoms with Crippen molar-refractivity contribution >= 4 is 5.91 Å². The van der Waals surface area contributed by atoms with Crippen LogP contribution in [0.15, 0.2) is 0 Å². The molecule has 0 bridgehead atoms. The molecule has 3 N–H and O–H groups in total. The lowest BCUT2D eigenvalue weighted by Gasteiger charge is -2.31. The summed E-state index contributed by atoms with van der Waals surface area (Å²) in [6.07, 6.45) is 6.03. The molecule has 4 nitrogen and oxygen atoms in total. The van der Waals surface area contributed by atoms with Gasteiger partial charge < -0.3 is 15.7 Å². The number of hydrogen-bond donors (Lipinski definition) is 3. The Morgan fingerprint density at radius 3 is 2.53 bits per heavy atom. The van der Waals surface area contributed by atoms with Crippen LogP contribution in [0.3, 0.4) is 0 Å². The maximum Gasteiger partial charge on any atom is 0.226 e. The Hall–Kier alpha value is -0.610. The molecule has 1 saturated carbocycles. The summed E-state index contributed by atoms with van der Waals surface area (Å²) in [5.41, 5.74) is -0.913. The van der Waals surface area contributed by atoms with Gasteiger partial charge in [-0.2, -0.15) is 0 Å². The first-order chi connectivity index (χ1) is 8.96. The van der Waals surface area contributed by atoms with Crippen molar-refractivity contribution in [1.82, 2.24) is 10.6 Å². The van der Waals surface area contributed by atoms with Crippen molar-refractivity contribution in [3.63, 3.8) is 0 Å². The first kappa shape index (κ1) is 14.8. The zero-order valence-corrected chi connectivity index (χ0v) is 12.3. The van der Waals surface area contributed by atoms with E-state index in [1.54, 1.807) is 0 Å². The van der Waals surface area contributed by atoms with Crippen molar-refractivity contribution < 1.29 is 9.90 Å². The van der Waals surface area contributed by atoms with Gasteiger partial charge in [0.2, 0.25) is 5.91 Å². The summed E-state index contributed by atoms with van der Waals surface area (Å²) < 4.78 is 0. The normalized spacial score (nSPS) is 29.9. The van der Waals surface area contributed by atoms with Gasteiger partial charge in [-0.25, -0.2) is 0 Å². The molecule has 1 unspecified atom stereocenters. The molecule has 110 valence electrons. The van der Waals surface area contributed by atoms with E-state index in [-0.39, 0.29) is 11.3 Å². The molecule has 4 heteroatoms. The minimum absolute atomic E-state index is 0.166. The molecule has 1 aliphatic carbocycles. The Morgan fingerprint density at radius 1 is 1.32 bits per heavy atom. The maximum absolute atomic E-state index is 12.6. The number of carbonyl (C=O) groups excluding carboxylic acids is 1. The molecular formula is C15H28N2O2. The Bertz CT molecular complexity index is 316. The van der Waals surface area contributed by atoms with Crippen LogP contribution in [0.5, 0.6) is 0 Å². The minimum Gasteiger partial charge on any atom is -0.387 e. The van der Waals surface area contributed by atoms with Crippen molar-refractivity contribution in [2.75, 3.05) is 19.6 Å². The van der Waals surface area contributed by atoms with Gasteiger partial charge in [-0.05, 0) is 38.1 Å². The smallest absolute Gasteiger partial charge is 0.226 e. The van der Waals surface area contributed by atoms with E-state index < -0.39 is 5.60 Å². The molecule has 0 aromatic carbocycles. The van der Waals surface area contributed by atoms with Crippen LogP contribution in [0.2, 0.25) is 0 Å². The Kier molecular flexibility index (Phi) is 4.51. The molecule has 0 spiro atoms. The van der Waals surface area contributed by atoms with Gasteiger partial charge in [0.05, 0.1) is 5.60 Å². The quantitative estimate of drug-likeness (QED) is 0.707. The third-order valence-electron chi connectivity index (χ3n) is 4.64. The highest BCUT2D eigenvalue weighted by Gasteiger charge is 2.42. The average Bonchev–Trinajstić information content (AvgIpc) is 2.96. The summed E-state index contributed by atoms with van der Waals surface area (Å²) in [7, 11) is 0. The highest BCUT2D eigenvalue weighted by molar-refractivity contribution is 5.83. The largest absolute Gasteiger partial charge is 0.387 e. The maximum atomic E-state index is 12.6. The number of hydrogen-bond acceptors (Lipinski definition) is 3. The van der Waals surface area contributed by atoms with Crippen LogP contribution in [0.4, 0.5) is 0 Å². The lowest BCUT2D eigenvalue weighted by Crippen LogP contribution is -2.49. The van der Waals surface area contributed by atoms with Gasteiger partial charge in [0.15, 0.2) is 0 Å². The van der Waals surface area contributed by atoms with Crippen molar-refractivity contribution in [1.29, 1.82) is 0 Å². The van der Waals surface area contributed by atoms with Gasteiger partial charge in [-0.1, -0.05) is 26.7 Å². The molecule has 1 saturated heterocycles. The fourth-order valence-electron chi connectivity index (χ4n) is 3.67. The second kappa shape index (κ2) is 5.80. The van der Waals surface area contributed by atoms with Crippen molar-refractivity contribution in [2.45, 2.75) is 58.0 Å². The molecule has 2 fully saturated rings. The van der Waals surface area contributed by atoms with Crippen LogP contribution in [-0.2, 0) is 4.79 Å². The summed E-state index contributed by atoms with van der Waals surface area (Å²) in [4.78, 5) is 12.6. The molecule has 1 heterocycles. The first-order valence-electron chi connectivity index (χ1n) is 7.67. The van der Waals surface area contributed by atoms with Gasteiger partial charge in [-0.3, -0.25) is 4.79 Å². The Morgan fingerprint density at radius 2 is 2.00 bits per heavy atom. The number of rotatable bonds is 5. The van der Waals surface area contributed by atoms with Gasteiger partial charge >= 0.3 is 0 Å². The third kappa shape index (κ3) is 3.48. The minimum atomic E-state index is -0.743. The summed E-state index contributed by atoms with van der Waals surface area (Å²) in [6.45, 7) is 6.18. The second-order valence-electron chi connectivity index (χ2n) is 6.92. The monoisotopic (exact) mass is 268 g/mol. The number of carbonyl (C=O) groups is 1. The molecular weight excluding hydrogens is 240 g/mol. The van der Waals surface area contributed by atoms with Gasteiger partial charge in [0.25, 0.3) is 0 Å². The van der Waals surface area contributed by atoms with Crippen LogP contribution in [-0.4, -0.2) is 36.2 Å². The van der Waals surface area contributed by atoms with E-state index in [9.17, 15) is 9.90 Å². The fourth-order valence-corrected chi connectivity index (χ4v) is 3.67. The highest BCUT2D eigenvalue weighted by atomic mass is 16.3. The molecule has 0 aromatic rings. The van der Waals surface area contributed by atoms with Gasteiger partial charge in [-0.15, -0.1) is 0 Å². The lowest BCUT2D eigenvalue weighted by molar-refractivity contribution is -0.133. The SMILES string of the molecule is CC(C)CC1(C(=O)NCC2(O)CCNC2)CCCC1. The van der Waals surface area contributed by atoms with Crippen LogP contribution in [0.1, 0.15) is 52.4 Å². The molecule has 2 rings (SSSR count). The molecule has 0 radical (unpaired) electrons. The van der Waals surface area contributed by atoms with Crippen molar-refractivity contribution in [3.8, 4) is 0 Å². The third-order valence-corrected chi connectivity index (χ3v) is 4.64. The van der Waals surface area contributed by atoms with Gasteiger partial charge in [0.1, 0.15) is 0 Å².